The standard InChI is InChI=1S/C17H17ClN2O4/c1-2-16(22)19-11-7-8-12(18)13(9-11)20-17(23)10-24-15-6-4-3-5-14(15)21/h3-9,21H,2,10H2,1H3,(H,19,22)(H,20,23). The lowest BCUT2D eigenvalue weighted by atomic mass is 10.2. The van der Waals surface area contributed by atoms with Crippen molar-refractivity contribution in [3.8, 4) is 11.5 Å². The Labute approximate surface area is 144 Å². The first-order chi connectivity index (χ1) is 11.5. The molecular formula is C17H17ClN2O4. The minimum Gasteiger partial charge on any atom is -0.504 e. The maximum atomic E-state index is 12.0. The molecule has 0 aliphatic heterocycles. The number of para-hydroxylation sites is 2. The second kappa shape index (κ2) is 8.21. The molecule has 0 atom stereocenters. The zero-order valence-corrected chi connectivity index (χ0v) is 13.8. The maximum Gasteiger partial charge on any atom is 0.262 e. The molecule has 0 fully saturated rings. The summed E-state index contributed by atoms with van der Waals surface area (Å²) in [6.07, 6.45) is 0.346. The van der Waals surface area contributed by atoms with Crippen molar-refractivity contribution in [1.29, 1.82) is 0 Å². The van der Waals surface area contributed by atoms with Crippen LogP contribution in [-0.4, -0.2) is 23.5 Å². The number of hydrogen-bond donors (Lipinski definition) is 3. The number of phenolic OH excluding ortho intramolecular Hbond substituents is 1. The summed E-state index contributed by atoms with van der Waals surface area (Å²) in [5.41, 5.74) is 0.889. The summed E-state index contributed by atoms with van der Waals surface area (Å²) in [5, 5.41) is 15.2. The third-order valence-corrected chi connectivity index (χ3v) is 3.40. The fourth-order valence-electron chi connectivity index (χ4n) is 1.86. The number of phenols is 1. The largest absolute Gasteiger partial charge is 0.504 e. The third kappa shape index (κ3) is 4.89. The van der Waals surface area contributed by atoms with E-state index in [1.54, 1.807) is 43.3 Å². The molecule has 0 saturated heterocycles. The van der Waals surface area contributed by atoms with Gasteiger partial charge in [0.1, 0.15) is 0 Å². The molecule has 0 aliphatic rings. The highest BCUT2D eigenvalue weighted by Gasteiger charge is 2.10. The van der Waals surface area contributed by atoms with Gasteiger partial charge in [-0.3, -0.25) is 9.59 Å². The van der Waals surface area contributed by atoms with E-state index in [1.165, 1.54) is 6.07 Å². The second-order valence-electron chi connectivity index (χ2n) is 4.90. The van der Waals surface area contributed by atoms with Gasteiger partial charge in [0, 0.05) is 12.1 Å². The number of carbonyl (C=O) groups excluding carboxylic acids is 2. The lowest BCUT2D eigenvalue weighted by Gasteiger charge is -2.11. The lowest BCUT2D eigenvalue weighted by molar-refractivity contribution is -0.118. The monoisotopic (exact) mass is 348 g/mol. The molecule has 2 aromatic rings. The number of amides is 2. The molecule has 24 heavy (non-hydrogen) atoms. The summed E-state index contributed by atoms with van der Waals surface area (Å²) < 4.78 is 5.25. The highest BCUT2D eigenvalue weighted by molar-refractivity contribution is 6.33. The van der Waals surface area contributed by atoms with Gasteiger partial charge >= 0.3 is 0 Å². The predicted molar refractivity (Wildman–Crippen MR) is 92.6 cm³/mol. The number of anilines is 2. The molecule has 0 spiro atoms. The van der Waals surface area contributed by atoms with Gasteiger partial charge in [-0.2, -0.15) is 0 Å². The molecule has 0 saturated carbocycles. The van der Waals surface area contributed by atoms with Gasteiger partial charge in [0.25, 0.3) is 5.91 Å². The van der Waals surface area contributed by atoms with Crippen LogP contribution in [0.15, 0.2) is 42.5 Å². The van der Waals surface area contributed by atoms with Crippen LogP contribution in [0.4, 0.5) is 11.4 Å². The van der Waals surface area contributed by atoms with Gasteiger partial charge < -0.3 is 20.5 Å². The van der Waals surface area contributed by atoms with Gasteiger partial charge in [-0.1, -0.05) is 30.7 Å². The van der Waals surface area contributed by atoms with Crippen LogP contribution in [0.2, 0.25) is 5.02 Å². The van der Waals surface area contributed by atoms with E-state index in [0.717, 1.165) is 0 Å². The Hall–Kier alpha value is -2.73. The van der Waals surface area contributed by atoms with Crippen molar-refractivity contribution in [3.63, 3.8) is 0 Å². The third-order valence-electron chi connectivity index (χ3n) is 3.07. The molecule has 2 amide bonds. The van der Waals surface area contributed by atoms with E-state index in [0.29, 0.717) is 22.8 Å². The number of rotatable bonds is 6. The maximum absolute atomic E-state index is 12.0. The number of ether oxygens (including phenoxy) is 1. The van der Waals surface area contributed by atoms with Crippen molar-refractivity contribution in [2.75, 3.05) is 17.2 Å². The van der Waals surface area contributed by atoms with Crippen LogP contribution in [0, 0.1) is 0 Å². The molecule has 0 radical (unpaired) electrons. The lowest BCUT2D eigenvalue weighted by Crippen LogP contribution is -2.20. The number of halogens is 1. The number of benzene rings is 2. The van der Waals surface area contributed by atoms with E-state index >= 15 is 0 Å². The normalized spacial score (nSPS) is 10.1. The van der Waals surface area contributed by atoms with E-state index in [-0.39, 0.29) is 24.0 Å². The first-order valence-corrected chi connectivity index (χ1v) is 7.67. The highest BCUT2D eigenvalue weighted by Crippen LogP contribution is 2.26. The Kier molecular flexibility index (Phi) is 6.03. The van der Waals surface area contributed by atoms with Crippen molar-refractivity contribution in [3.05, 3.63) is 47.5 Å². The molecule has 2 aromatic carbocycles. The Morgan fingerprint density at radius 3 is 2.58 bits per heavy atom. The van der Waals surface area contributed by atoms with Crippen molar-refractivity contribution >= 4 is 34.8 Å². The van der Waals surface area contributed by atoms with E-state index < -0.39 is 5.91 Å². The summed E-state index contributed by atoms with van der Waals surface area (Å²) in [5.74, 6) is -0.424. The van der Waals surface area contributed by atoms with Gasteiger partial charge in [-0.05, 0) is 30.3 Å². The predicted octanol–water partition coefficient (Wildman–Crippen LogP) is 3.41. The quantitative estimate of drug-likeness (QED) is 0.746. The molecule has 7 heteroatoms. The first-order valence-electron chi connectivity index (χ1n) is 7.29. The van der Waals surface area contributed by atoms with Crippen LogP contribution in [-0.2, 0) is 9.59 Å². The van der Waals surface area contributed by atoms with Crippen molar-refractivity contribution in [2.24, 2.45) is 0 Å². The molecule has 0 aliphatic carbocycles. The van der Waals surface area contributed by atoms with E-state index in [9.17, 15) is 14.7 Å². The average molecular weight is 349 g/mol. The van der Waals surface area contributed by atoms with Gasteiger partial charge in [0.15, 0.2) is 18.1 Å². The van der Waals surface area contributed by atoms with Crippen LogP contribution in [0.25, 0.3) is 0 Å². The molecule has 3 N–H and O–H groups in total. The van der Waals surface area contributed by atoms with Gasteiger partial charge in [-0.25, -0.2) is 0 Å². The van der Waals surface area contributed by atoms with Crippen LogP contribution in [0.5, 0.6) is 11.5 Å². The van der Waals surface area contributed by atoms with Gasteiger partial charge in [0.2, 0.25) is 5.91 Å². The molecule has 0 aromatic heterocycles. The summed E-state index contributed by atoms with van der Waals surface area (Å²) in [7, 11) is 0. The summed E-state index contributed by atoms with van der Waals surface area (Å²) in [6.45, 7) is 1.45. The van der Waals surface area contributed by atoms with Gasteiger partial charge in [-0.15, -0.1) is 0 Å². The number of hydrogen-bond acceptors (Lipinski definition) is 4. The van der Waals surface area contributed by atoms with Crippen molar-refractivity contribution in [1.82, 2.24) is 0 Å². The zero-order valence-electron chi connectivity index (χ0n) is 13.0. The van der Waals surface area contributed by atoms with Crippen LogP contribution in [0.3, 0.4) is 0 Å². The molecular weight excluding hydrogens is 332 g/mol. The molecule has 0 unspecified atom stereocenters. The van der Waals surface area contributed by atoms with Crippen LogP contribution >= 0.6 is 11.6 Å². The number of carbonyl (C=O) groups is 2. The molecule has 126 valence electrons. The van der Waals surface area contributed by atoms with E-state index in [4.69, 9.17) is 16.3 Å². The fraction of sp³-hybridized carbons (Fsp3) is 0.176. The van der Waals surface area contributed by atoms with E-state index in [1.807, 2.05) is 0 Å². The summed E-state index contributed by atoms with van der Waals surface area (Å²) >= 11 is 6.04. The van der Waals surface area contributed by atoms with E-state index in [2.05, 4.69) is 10.6 Å². The molecule has 2 rings (SSSR count). The Bertz CT molecular complexity index is 749. The second-order valence-corrected chi connectivity index (χ2v) is 5.31. The molecule has 6 nitrogen and oxygen atoms in total. The van der Waals surface area contributed by atoms with Crippen molar-refractivity contribution in [2.45, 2.75) is 13.3 Å². The highest BCUT2D eigenvalue weighted by atomic mass is 35.5. The first kappa shape index (κ1) is 17.6. The molecule has 0 bridgehead atoms. The average Bonchev–Trinajstić information content (AvgIpc) is 2.57. The summed E-state index contributed by atoms with van der Waals surface area (Å²) in [4.78, 5) is 23.4. The number of nitrogens with one attached hydrogen (secondary N) is 2. The van der Waals surface area contributed by atoms with Gasteiger partial charge in [0.05, 0.1) is 10.7 Å². The Morgan fingerprint density at radius 1 is 1.12 bits per heavy atom. The molecule has 0 heterocycles. The Morgan fingerprint density at radius 2 is 1.88 bits per heavy atom. The fourth-order valence-corrected chi connectivity index (χ4v) is 2.02. The zero-order chi connectivity index (χ0) is 17.5. The number of aromatic hydroxyl groups is 1. The van der Waals surface area contributed by atoms with Crippen LogP contribution in [0.1, 0.15) is 13.3 Å². The SMILES string of the molecule is CCC(=O)Nc1ccc(Cl)c(NC(=O)COc2ccccc2O)c1. The Balaban J connectivity index is 1.99. The minimum atomic E-state index is -0.445. The smallest absolute Gasteiger partial charge is 0.262 e. The van der Waals surface area contributed by atoms with Crippen LogP contribution < -0.4 is 15.4 Å². The topological polar surface area (TPSA) is 87.7 Å². The van der Waals surface area contributed by atoms with Crippen molar-refractivity contribution < 1.29 is 19.4 Å². The summed E-state index contributed by atoms with van der Waals surface area (Å²) in [6, 6.07) is 11.1. The minimum absolute atomic E-state index is 0.0485.